The van der Waals surface area contributed by atoms with Crippen LogP contribution in [0.1, 0.15) is 18.5 Å². The summed E-state index contributed by atoms with van der Waals surface area (Å²) in [4.78, 5) is 16.3. The third-order valence-corrected chi connectivity index (χ3v) is 4.06. The fraction of sp³-hybridized carbons (Fsp3) is 0.312. The maximum atomic E-state index is 12.1. The van der Waals surface area contributed by atoms with Crippen molar-refractivity contribution in [2.75, 3.05) is 26.6 Å². The number of nitrogens with two attached hydrogens (primary N) is 1. The zero-order valence-electron chi connectivity index (χ0n) is 14.4. The van der Waals surface area contributed by atoms with Crippen molar-refractivity contribution in [3.05, 3.63) is 35.3 Å². The van der Waals surface area contributed by atoms with Crippen molar-refractivity contribution in [2.45, 2.75) is 13.0 Å². The van der Waals surface area contributed by atoms with E-state index in [1.165, 1.54) is 27.7 Å². The van der Waals surface area contributed by atoms with Gasteiger partial charge in [0.1, 0.15) is 12.4 Å². The van der Waals surface area contributed by atoms with Crippen LogP contribution in [0.4, 0.5) is 5.95 Å². The van der Waals surface area contributed by atoms with Crippen LogP contribution in [-0.4, -0.2) is 42.0 Å². The molecule has 2 heterocycles. The summed E-state index contributed by atoms with van der Waals surface area (Å²) >= 11 is 0. The van der Waals surface area contributed by atoms with Gasteiger partial charge in [0.2, 0.25) is 17.6 Å². The smallest absolute Gasteiger partial charge is 0.248 e. The zero-order valence-corrected chi connectivity index (χ0v) is 14.4. The van der Waals surface area contributed by atoms with E-state index in [-0.39, 0.29) is 0 Å². The number of hydrogen-bond acceptors (Lipinski definition) is 7. The number of amides is 1. The van der Waals surface area contributed by atoms with Gasteiger partial charge in [-0.25, -0.2) is 4.68 Å². The molecule has 9 nitrogen and oxygen atoms in total. The van der Waals surface area contributed by atoms with Crippen molar-refractivity contribution in [3.8, 4) is 17.2 Å². The Morgan fingerprint density at radius 3 is 2.36 bits per heavy atom. The van der Waals surface area contributed by atoms with E-state index in [9.17, 15) is 4.79 Å². The number of ether oxygens (including phenoxy) is 3. The third kappa shape index (κ3) is 2.63. The van der Waals surface area contributed by atoms with E-state index in [2.05, 4.69) is 15.4 Å². The normalized spacial score (nSPS) is 16.1. The van der Waals surface area contributed by atoms with Crippen molar-refractivity contribution >= 4 is 11.9 Å². The second-order valence-corrected chi connectivity index (χ2v) is 5.42. The SMILES string of the molecule is COc1cc(C2C(C(N)=O)=C(C)Nc3ncnn32)cc(OC)c1OC. The molecule has 1 aromatic carbocycles. The largest absolute Gasteiger partial charge is 0.493 e. The summed E-state index contributed by atoms with van der Waals surface area (Å²) in [7, 11) is 4.58. The van der Waals surface area contributed by atoms with Gasteiger partial charge >= 0.3 is 0 Å². The van der Waals surface area contributed by atoms with E-state index in [1.807, 2.05) is 0 Å². The Morgan fingerprint density at radius 1 is 1.20 bits per heavy atom. The molecule has 0 saturated heterocycles. The first-order valence-corrected chi connectivity index (χ1v) is 7.48. The summed E-state index contributed by atoms with van der Waals surface area (Å²) in [6.07, 6.45) is 1.41. The number of anilines is 1. The van der Waals surface area contributed by atoms with Gasteiger partial charge in [-0.15, -0.1) is 0 Å². The summed E-state index contributed by atoms with van der Waals surface area (Å²) in [6.45, 7) is 1.77. The van der Waals surface area contributed by atoms with Gasteiger partial charge in [0.15, 0.2) is 11.5 Å². The van der Waals surface area contributed by atoms with Gasteiger partial charge in [0.05, 0.1) is 26.9 Å². The van der Waals surface area contributed by atoms with Crippen LogP contribution in [0.2, 0.25) is 0 Å². The number of nitrogens with zero attached hydrogens (tertiary/aromatic N) is 3. The monoisotopic (exact) mass is 345 g/mol. The molecule has 0 aliphatic carbocycles. The first-order valence-electron chi connectivity index (χ1n) is 7.48. The fourth-order valence-corrected chi connectivity index (χ4v) is 2.98. The highest BCUT2D eigenvalue weighted by Gasteiger charge is 2.33. The lowest BCUT2D eigenvalue weighted by Gasteiger charge is -2.28. The highest BCUT2D eigenvalue weighted by molar-refractivity contribution is 5.95. The van der Waals surface area contributed by atoms with E-state index in [1.54, 1.807) is 23.7 Å². The predicted octanol–water partition coefficient (Wildman–Crippen LogP) is 1.08. The van der Waals surface area contributed by atoms with Gasteiger partial charge in [0, 0.05) is 5.70 Å². The summed E-state index contributed by atoms with van der Waals surface area (Å²) in [6, 6.07) is 2.96. The lowest BCUT2D eigenvalue weighted by atomic mass is 9.94. The minimum atomic E-state index is -0.565. The predicted molar refractivity (Wildman–Crippen MR) is 89.8 cm³/mol. The van der Waals surface area contributed by atoms with Crippen LogP contribution >= 0.6 is 0 Å². The number of hydrogen-bond donors (Lipinski definition) is 2. The standard InChI is InChI=1S/C16H19N5O4/c1-8-12(15(17)22)13(21-16(20-8)18-7-19-21)9-5-10(23-2)14(25-4)11(6-9)24-3/h5-7,13H,1-4H3,(H2,17,22)(H,18,19,20). The molecule has 1 atom stereocenters. The van der Waals surface area contributed by atoms with Crippen LogP contribution in [-0.2, 0) is 4.79 Å². The van der Waals surface area contributed by atoms with Gasteiger partial charge in [-0.3, -0.25) is 4.79 Å². The molecule has 3 N–H and O–H groups in total. The lowest BCUT2D eigenvalue weighted by Crippen LogP contribution is -2.31. The second-order valence-electron chi connectivity index (χ2n) is 5.42. The second kappa shape index (κ2) is 6.34. The molecule has 1 unspecified atom stereocenters. The Kier molecular flexibility index (Phi) is 4.22. The number of primary amides is 1. The van der Waals surface area contributed by atoms with E-state index < -0.39 is 11.9 Å². The van der Waals surface area contributed by atoms with Crippen LogP contribution in [0.3, 0.4) is 0 Å². The number of carbonyl (C=O) groups excluding carboxylic acids is 1. The Balaban J connectivity index is 2.25. The molecular formula is C16H19N5O4. The van der Waals surface area contributed by atoms with E-state index in [0.29, 0.717) is 40.0 Å². The van der Waals surface area contributed by atoms with E-state index >= 15 is 0 Å². The van der Waals surface area contributed by atoms with E-state index in [4.69, 9.17) is 19.9 Å². The summed E-state index contributed by atoms with van der Waals surface area (Å²) in [5.41, 5.74) is 7.33. The highest BCUT2D eigenvalue weighted by Crippen LogP contribution is 2.43. The zero-order chi connectivity index (χ0) is 18.1. The molecule has 1 aliphatic rings. The van der Waals surface area contributed by atoms with Gasteiger partial charge in [-0.1, -0.05) is 0 Å². The molecule has 1 aliphatic heterocycles. The number of rotatable bonds is 5. The van der Waals surface area contributed by atoms with Crippen molar-refractivity contribution in [1.29, 1.82) is 0 Å². The number of carbonyl (C=O) groups is 1. The lowest BCUT2D eigenvalue weighted by molar-refractivity contribution is -0.115. The number of allylic oxidation sites excluding steroid dienone is 1. The molecule has 0 radical (unpaired) electrons. The van der Waals surface area contributed by atoms with Gasteiger partial charge in [-0.2, -0.15) is 10.1 Å². The van der Waals surface area contributed by atoms with Gasteiger partial charge < -0.3 is 25.3 Å². The molecule has 2 aromatic rings. The van der Waals surface area contributed by atoms with Gasteiger partial charge in [0.25, 0.3) is 0 Å². The van der Waals surface area contributed by atoms with Gasteiger partial charge in [-0.05, 0) is 24.6 Å². The maximum absolute atomic E-state index is 12.1. The summed E-state index contributed by atoms with van der Waals surface area (Å²) in [5.74, 6) is 1.37. The van der Waals surface area contributed by atoms with Crippen molar-refractivity contribution in [1.82, 2.24) is 14.8 Å². The molecule has 0 bridgehead atoms. The molecule has 0 fully saturated rings. The summed E-state index contributed by atoms with van der Waals surface area (Å²) < 4.78 is 17.7. The number of aromatic nitrogens is 3. The van der Waals surface area contributed by atoms with Crippen LogP contribution in [0.15, 0.2) is 29.7 Å². The highest BCUT2D eigenvalue weighted by atomic mass is 16.5. The minimum absolute atomic E-state index is 0.382. The molecular weight excluding hydrogens is 326 g/mol. The average Bonchev–Trinajstić information content (AvgIpc) is 3.06. The first-order chi connectivity index (χ1) is 12.0. The molecule has 1 amide bonds. The molecule has 132 valence electrons. The Labute approximate surface area is 144 Å². The first kappa shape index (κ1) is 16.6. The third-order valence-electron chi connectivity index (χ3n) is 4.06. The quantitative estimate of drug-likeness (QED) is 0.833. The van der Waals surface area contributed by atoms with Crippen molar-refractivity contribution in [3.63, 3.8) is 0 Å². The Bertz CT molecular complexity index is 833. The Hall–Kier alpha value is -3.23. The Morgan fingerprint density at radius 2 is 1.84 bits per heavy atom. The van der Waals surface area contributed by atoms with Crippen molar-refractivity contribution < 1.29 is 19.0 Å². The van der Waals surface area contributed by atoms with Crippen LogP contribution in [0.5, 0.6) is 17.2 Å². The van der Waals surface area contributed by atoms with Crippen LogP contribution in [0, 0.1) is 0 Å². The van der Waals surface area contributed by atoms with Crippen molar-refractivity contribution in [2.24, 2.45) is 5.73 Å². The number of benzene rings is 1. The van der Waals surface area contributed by atoms with Crippen LogP contribution < -0.4 is 25.3 Å². The molecule has 0 spiro atoms. The number of nitrogens with one attached hydrogen (secondary N) is 1. The maximum Gasteiger partial charge on any atom is 0.248 e. The van der Waals surface area contributed by atoms with E-state index in [0.717, 1.165) is 0 Å². The molecule has 0 saturated carbocycles. The molecule has 9 heteroatoms. The number of methoxy groups -OCH3 is 3. The van der Waals surface area contributed by atoms with Crippen LogP contribution in [0.25, 0.3) is 0 Å². The molecule has 1 aromatic heterocycles. The molecule has 25 heavy (non-hydrogen) atoms. The molecule has 3 rings (SSSR count). The topological polar surface area (TPSA) is 114 Å². The minimum Gasteiger partial charge on any atom is -0.493 e. The number of fused-ring (bicyclic) bond motifs is 1. The fourth-order valence-electron chi connectivity index (χ4n) is 2.98. The average molecular weight is 345 g/mol. The summed E-state index contributed by atoms with van der Waals surface area (Å²) in [5, 5.41) is 7.26.